The van der Waals surface area contributed by atoms with Crippen LogP contribution in [0.3, 0.4) is 0 Å². The van der Waals surface area contributed by atoms with Gasteiger partial charge in [0.05, 0.1) is 12.6 Å². The molecular weight excluding hydrogens is 234 g/mol. The van der Waals surface area contributed by atoms with E-state index < -0.39 is 6.10 Å². The molecule has 1 N–H and O–H groups in total. The quantitative estimate of drug-likeness (QED) is 0.462. The Morgan fingerprint density at radius 2 is 2.28 bits per heavy atom. The summed E-state index contributed by atoms with van der Waals surface area (Å²) in [5.41, 5.74) is 0. The first-order valence-electron chi connectivity index (χ1n) is 6.54. The highest BCUT2D eigenvalue weighted by molar-refractivity contribution is 5.69. The summed E-state index contributed by atoms with van der Waals surface area (Å²) in [5.74, 6) is -0.382. The van der Waals surface area contributed by atoms with Crippen molar-refractivity contribution in [2.24, 2.45) is 17.0 Å². The van der Waals surface area contributed by atoms with Gasteiger partial charge in [-0.1, -0.05) is 17.3 Å². The summed E-state index contributed by atoms with van der Waals surface area (Å²) >= 11 is 0. The van der Waals surface area contributed by atoms with E-state index in [0.717, 1.165) is 19.3 Å². The molecule has 1 aliphatic heterocycles. The van der Waals surface area contributed by atoms with Crippen LogP contribution in [-0.4, -0.2) is 29.8 Å². The zero-order valence-corrected chi connectivity index (χ0v) is 10.3. The number of allylic oxidation sites excluding steroid dienone is 2. The first kappa shape index (κ1) is 13.2. The fraction of sp³-hybridized carbons (Fsp3) is 0.769. The van der Waals surface area contributed by atoms with Gasteiger partial charge >= 0.3 is 5.97 Å². The van der Waals surface area contributed by atoms with Gasteiger partial charge in [-0.05, 0) is 19.3 Å². The number of hydrogen-bond acceptors (Lipinski definition) is 5. The maximum Gasteiger partial charge on any atom is 0.306 e. The first-order valence-corrected chi connectivity index (χ1v) is 6.54. The van der Waals surface area contributed by atoms with Gasteiger partial charge in [-0.25, -0.2) is 0 Å². The van der Waals surface area contributed by atoms with Crippen molar-refractivity contribution in [3.05, 3.63) is 17.1 Å². The number of ether oxygens (including phenoxy) is 1. The lowest BCUT2D eigenvalue weighted by Gasteiger charge is -2.23. The molecular formula is C13H19NO4. The summed E-state index contributed by atoms with van der Waals surface area (Å²) in [7, 11) is 0. The van der Waals surface area contributed by atoms with Gasteiger partial charge in [0.15, 0.2) is 0 Å². The maximum atomic E-state index is 11.6. The lowest BCUT2D eigenvalue weighted by Crippen LogP contribution is -2.27. The number of nitrogens with zero attached hydrogens (tertiary/aromatic N) is 1. The van der Waals surface area contributed by atoms with Crippen LogP contribution in [0.15, 0.2) is 17.3 Å². The minimum absolute atomic E-state index is 0.0102. The second-order valence-electron chi connectivity index (χ2n) is 5.07. The summed E-state index contributed by atoms with van der Waals surface area (Å²) in [4.78, 5) is 22.0. The summed E-state index contributed by atoms with van der Waals surface area (Å²) in [6, 6.07) is 0. The second-order valence-corrected chi connectivity index (χ2v) is 5.07. The largest absolute Gasteiger partial charge is 0.462 e. The van der Waals surface area contributed by atoms with Crippen LogP contribution >= 0.6 is 0 Å². The number of nitroso groups, excluding NO2 is 1. The summed E-state index contributed by atoms with van der Waals surface area (Å²) in [6.07, 6.45) is 6.49. The van der Waals surface area contributed by atoms with Crippen LogP contribution in [0.1, 0.15) is 32.1 Å². The number of rotatable bonds is 2. The Morgan fingerprint density at radius 3 is 3.06 bits per heavy atom. The number of aliphatic hydroxyl groups excluding tert-OH is 1. The van der Waals surface area contributed by atoms with Crippen LogP contribution in [0.2, 0.25) is 0 Å². The third-order valence-corrected chi connectivity index (χ3v) is 3.89. The second kappa shape index (κ2) is 6.09. The van der Waals surface area contributed by atoms with Crippen molar-refractivity contribution < 1.29 is 14.6 Å². The molecule has 18 heavy (non-hydrogen) atoms. The molecule has 4 atom stereocenters. The van der Waals surface area contributed by atoms with E-state index in [1.807, 2.05) is 0 Å². The molecule has 5 nitrogen and oxygen atoms in total. The first-order chi connectivity index (χ1) is 8.72. The number of hydrogen-bond donors (Lipinski definition) is 1. The summed E-state index contributed by atoms with van der Waals surface area (Å²) in [5, 5.41) is 12.8. The Hall–Kier alpha value is -1.23. The number of carbonyl (C=O) groups is 1. The van der Waals surface area contributed by atoms with E-state index in [9.17, 15) is 14.8 Å². The van der Waals surface area contributed by atoms with Gasteiger partial charge in [0.1, 0.15) is 6.10 Å². The highest BCUT2D eigenvalue weighted by Gasteiger charge is 2.44. The van der Waals surface area contributed by atoms with E-state index in [2.05, 4.69) is 17.3 Å². The summed E-state index contributed by atoms with van der Waals surface area (Å²) < 4.78 is 5.42. The van der Waals surface area contributed by atoms with Crippen molar-refractivity contribution in [3.63, 3.8) is 0 Å². The van der Waals surface area contributed by atoms with Gasteiger partial charge in [-0.15, -0.1) is 0 Å². The minimum Gasteiger partial charge on any atom is -0.462 e. The Balaban J connectivity index is 2.12. The molecule has 1 aliphatic carbocycles. The molecule has 2 aliphatic rings. The molecule has 100 valence electrons. The van der Waals surface area contributed by atoms with E-state index in [4.69, 9.17) is 4.74 Å². The van der Waals surface area contributed by atoms with Crippen LogP contribution in [0.5, 0.6) is 0 Å². The molecule has 1 saturated carbocycles. The molecule has 0 amide bonds. The number of esters is 1. The standard InChI is InChI=1S/C13H19NO4/c15-11-7-12-9(10(11)8-14-17)5-3-1-2-4-6-13(16)18-12/h1,3,9-12,15H,2,4-8H2. The van der Waals surface area contributed by atoms with E-state index in [1.54, 1.807) is 0 Å². The lowest BCUT2D eigenvalue weighted by molar-refractivity contribution is -0.151. The lowest BCUT2D eigenvalue weighted by atomic mass is 9.90. The van der Waals surface area contributed by atoms with Crippen molar-refractivity contribution in [2.75, 3.05) is 6.54 Å². The smallest absolute Gasteiger partial charge is 0.306 e. The van der Waals surface area contributed by atoms with Gasteiger partial charge in [0.25, 0.3) is 0 Å². The zero-order valence-electron chi connectivity index (χ0n) is 10.3. The molecule has 5 heteroatoms. The van der Waals surface area contributed by atoms with Crippen LogP contribution in [0.25, 0.3) is 0 Å². The molecule has 4 unspecified atom stereocenters. The van der Waals surface area contributed by atoms with Crippen molar-refractivity contribution >= 4 is 5.97 Å². The number of fused-ring (bicyclic) bond motifs is 1. The maximum absolute atomic E-state index is 11.6. The fourth-order valence-electron chi connectivity index (χ4n) is 2.92. The highest BCUT2D eigenvalue weighted by atomic mass is 16.5. The van der Waals surface area contributed by atoms with Crippen LogP contribution in [-0.2, 0) is 9.53 Å². The van der Waals surface area contributed by atoms with Crippen LogP contribution < -0.4 is 0 Å². The molecule has 1 fully saturated rings. The SMILES string of the molecule is O=NCC1C(O)CC2OC(=O)CCCC=CCC21. The zero-order chi connectivity index (χ0) is 13.0. The van der Waals surface area contributed by atoms with Gasteiger partial charge in [-0.2, -0.15) is 4.91 Å². The van der Waals surface area contributed by atoms with Crippen molar-refractivity contribution in [1.29, 1.82) is 0 Å². The molecule has 0 bridgehead atoms. The topological polar surface area (TPSA) is 76.0 Å². The van der Waals surface area contributed by atoms with Crippen molar-refractivity contribution in [2.45, 2.75) is 44.3 Å². The molecule has 0 saturated heterocycles. The normalized spacial score (nSPS) is 36.8. The minimum atomic E-state index is -0.598. The molecule has 0 radical (unpaired) electrons. The van der Waals surface area contributed by atoms with Gasteiger partial charge in [0.2, 0.25) is 0 Å². The molecule has 0 aromatic carbocycles. The monoisotopic (exact) mass is 253 g/mol. The Labute approximate surface area is 106 Å². The highest BCUT2D eigenvalue weighted by Crippen LogP contribution is 2.38. The molecule has 0 spiro atoms. The van der Waals surface area contributed by atoms with Gasteiger partial charge in [0, 0.05) is 24.7 Å². The van der Waals surface area contributed by atoms with E-state index in [-0.39, 0.29) is 30.5 Å². The molecule has 0 aromatic rings. The average molecular weight is 253 g/mol. The predicted octanol–water partition coefficient (Wildman–Crippen LogP) is 1.79. The Bertz CT molecular complexity index is 342. The molecule has 1 heterocycles. The molecule has 0 aromatic heterocycles. The van der Waals surface area contributed by atoms with Crippen molar-refractivity contribution in [3.8, 4) is 0 Å². The van der Waals surface area contributed by atoms with E-state index in [0.29, 0.717) is 12.8 Å². The third-order valence-electron chi connectivity index (χ3n) is 3.89. The Kier molecular flexibility index (Phi) is 4.47. The van der Waals surface area contributed by atoms with Crippen molar-refractivity contribution in [1.82, 2.24) is 0 Å². The van der Waals surface area contributed by atoms with Crippen LogP contribution in [0.4, 0.5) is 0 Å². The van der Waals surface area contributed by atoms with Gasteiger partial charge < -0.3 is 9.84 Å². The third kappa shape index (κ3) is 2.96. The van der Waals surface area contributed by atoms with E-state index >= 15 is 0 Å². The number of carbonyl (C=O) groups excluding carboxylic acids is 1. The number of aliphatic hydroxyl groups is 1. The Morgan fingerprint density at radius 1 is 1.44 bits per heavy atom. The molecule has 2 rings (SSSR count). The average Bonchev–Trinajstić information content (AvgIpc) is 2.62. The fourth-order valence-corrected chi connectivity index (χ4v) is 2.92. The van der Waals surface area contributed by atoms with Crippen LogP contribution in [0, 0.1) is 16.7 Å². The van der Waals surface area contributed by atoms with E-state index in [1.165, 1.54) is 0 Å². The predicted molar refractivity (Wildman–Crippen MR) is 65.8 cm³/mol. The van der Waals surface area contributed by atoms with Gasteiger partial charge in [-0.3, -0.25) is 4.79 Å². The summed E-state index contributed by atoms with van der Waals surface area (Å²) in [6.45, 7) is 0.0910.